The molecule has 1 N–H and O–H groups in total. The first-order valence-corrected chi connectivity index (χ1v) is 12.8. The van der Waals surface area contributed by atoms with Gasteiger partial charge in [-0.05, 0) is 36.2 Å². The standard InChI is InChI=1S/C31H30N2O4/c1-3-4-5-9-16-25(34)29-26-21-14-10-11-15-22(21)30(35)27-23(32-19-37-20-12-7-6-8-13-20)17-18-24(28(26)27)33(2)31(29)36/h6-8,10-15,17-18,32H,3-5,9,16,19H2,1-2H3. The monoisotopic (exact) mass is 494 g/mol. The number of carbonyl (C=O) groups excluding carboxylic acids is 2. The zero-order valence-electron chi connectivity index (χ0n) is 21.2. The molecule has 0 bridgehead atoms. The van der Waals surface area contributed by atoms with Gasteiger partial charge in [0.2, 0.25) is 0 Å². The number of anilines is 1. The Morgan fingerprint density at radius 2 is 1.59 bits per heavy atom. The maximum atomic E-state index is 13.8. The Balaban J connectivity index is 1.66. The van der Waals surface area contributed by atoms with Gasteiger partial charge in [-0.3, -0.25) is 14.4 Å². The van der Waals surface area contributed by atoms with Crippen LogP contribution in [0.4, 0.5) is 5.69 Å². The molecule has 0 amide bonds. The lowest BCUT2D eigenvalue weighted by molar-refractivity contribution is 0.0976. The summed E-state index contributed by atoms with van der Waals surface area (Å²) in [7, 11) is 1.66. The maximum Gasteiger partial charge on any atom is 0.262 e. The molecule has 0 aliphatic heterocycles. The van der Waals surface area contributed by atoms with Gasteiger partial charge < -0.3 is 14.6 Å². The number of unbranched alkanes of at least 4 members (excludes halogenated alkanes) is 3. The predicted molar refractivity (Wildman–Crippen MR) is 147 cm³/mol. The van der Waals surface area contributed by atoms with E-state index in [1.165, 1.54) is 4.57 Å². The van der Waals surface area contributed by atoms with Gasteiger partial charge in [0.1, 0.15) is 5.75 Å². The Hall–Kier alpha value is -4.19. The predicted octanol–water partition coefficient (Wildman–Crippen LogP) is 6.35. The highest BCUT2D eigenvalue weighted by molar-refractivity contribution is 6.30. The van der Waals surface area contributed by atoms with Crippen LogP contribution >= 0.6 is 0 Å². The molecular formula is C31H30N2O4. The highest BCUT2D eigenvalue weighted by Crippen LogP contribution is 2.43. The summed E-state index contributed by atoms with van der Waals surface area (Å²) in [5, 5.41) is 3.87. The topological polar surface area (TPSA) is 77.4 Å². The number of pyridine rings is 1. The van der Waals surface area contributed by atoms with Crippen molar-refractivity contribution < 1.29 is 14.3 Å². The molecule has 188 valence electrons. The first-order chi connectivity index (χ1) is 18.0. The molecule has 0 saturated heterocycles. The zero-order valence-corrected chi connectivity index (χ0v) is 21.2. The van der Waals surface area contributed by atoms with Crippen molar-refractivity contribution >= 4 is 28.2 Å². The van der Waals surface area contributed by atoms with Crippen LogP contribution in [0.3, 0.4) is 0 Å². The number of fused-ring (bicyclic) bond motifs is 2. The first-order valence-electron chi connectivity index (χ1n) is 12.8. The fourth-order valence-electron chi connectivity index (χ4n) is 5.13. The van der Waals surface area contributed by atoms with E-state index in [0.29, 0.717) is 51.0 Å². The third kappa shape index (κ3) is 4.44. The van der Waals surface area contributed by atoms with Crippen molar-refractivity contribution in [2.45, 2.75) is 39.0 Å². The molecule has 6 heteroatoms. The largest absolute Gasteiger partial charge is 0.473 e. The molecule has 0 saturated carbocycles. The fourth-order valence-corrected chi connectivity index (χ4v) is 5.13. The molecular weight excluding hydrogens is 464 g/mol. The summed E-state index contributed by atoms with van der Waals surface area (Å²) in [4.78, 5) is 40.9. The normalized spacial score (nSPS) is 11.9. The summed E-state index contributed by atoms with van der Waals surface area (Å²) in [6, 6.07) is 20.3. The van der Waals surface area contributed by atoms with E-state index in [0.717, 1.165) is 25.7 Å². The van der Waals surface area contributed by atoms with Crippen LogP contribution < -0.4 is 15.6 Å². The van der Waals surface area contributed by atoms with E-state index >= 15 is 0 Å². The molecule has 0 fully saturated rings. The maximum absolute atomic E-state index is 13.8. The second-order valence-electron chi connectivity index (χ2n) is 9.38. The third-order valence-corrected chi connectivity index (χ3v) is 7.01. The molecule has 0 radical (unpaired) electrons. The number of Topliss-reactive ketones (excluding diaryl/α,β-unsaturated/α-hetero) is 1. The van der Waals surface area contributed by atoms with E-state index in [4.69, 9.17) is 4.74 Å². The van der Waals surface area contributed by atoms with Gasteiger partial charge in [-0.1, -0.05) is 68.7 Å². The summed E-state index contributed by atoms with van der Waals surface area (Å²) in [5.74, 6) is 0.394. The van der Waals surface area contributed by atoms with Gasteiger partial charge in [0.05, 0.1) is 16.6 Å². The number of aryl methyl sites for hydroxylation is 1. The summed E-state index contributed by atoms with van der Waals surface area (Å²) in [6.45, 7) is 2.28. The Morgan fingerprint density at radius 3 is 2.35 bits per heavy atom. The fraction of sp³-hybridized carbons (Fsp3) is 0.258. The van der Waals surface area contributed by atoms with Crippen molar-refractivity contribution in [1.29, 1.82) is 0 Å². The number of benzene rings is 3. The van der Waals surface area contributed by atoms with Gasteiger partial charge in [-0.15, -0.1) is 0 Å². The van der Waals surface area contributed by atoms with Gasteiger partial charge in [0, 0.05) is 35.7 Å². The van der Waals surface area contributed by atoms with Crippen molar-refractivity contribution in [3.05, 3.63) is 93.8 Å². The third-order valence-electron chi connectivity index (χ3n) is 7.01. The molecule has 5 rings (SSSR count). The average Bonchev–Trinajstić information content (AvgIpc) is 2.92. The number of para-hydroxylation sites is 1. The summed E-state index contributed by atoms with van der Waals surface area (Å²) >= 11 is 0. The van der Waals surface area contributed by atoms with Crippen LogP contribution in [-0.4, -0.2) is 22.9 Å². The van der Waals surface area contributed by atoms with Crippen LogP contribution in [0.1, 0.15) is 65.3 Å². The number of hydrogen-bond acceptors (Lipinski definition) is 5. The second-order valence-corrected chi connectivity index (χ2v) is 9.38. The Bertz CT molecular complexity index is 1550. The highest BCUT2D eigenvalue weighted by Gasteiger charge is 2.33. The van der Waals surface area contributed by atoms with Crippen LogP contribution in [0.5, 0.6) is 5.75 Å². The summed E-state index contributed by atoms with van der Waals surface area (Å²) in [5.41, 5.74) is 3.21. The van der Waals surface area contributed by atoms with Crippen molar-refractivity contribution in [3.63, 3.8) is 0 Å². The molecule has 6 nitrogen and oxygen atoms in total. The molecule has 37 heavy (non-hydrogen) atoms. The van der Waals surface area contributed by atoms with E-state index in [-0.39, 0.29) is 29.4 Å². The molecule has 1 heterocycles. The summed E-state index contributed by atoms with van der Waals surface area (Å²) < 4.78 is 7.30. The molecule has 1 aromatic heterocycles. The molecule has 1 aliphatic carbocycles. The molecule has 0 unspecified atom stereocenters. The quantitative estimate of drug-likeness (QED) is 0.139. The van der Waals surface area contributed by atoms with E-state index < -0.39 is 0 Å². The minimum absolute atomic E-state index is 0.143. The number of hydrogen-bond donors (Lipinski definition) is 1. The van der Waals surface area contributed by atoms with Gasteiger partial charge in [-0.25, -0.2) is 0 Å². The van der Waals surface area contributed by atoms with E-state index in [1.807, 2.05) is 48.5 Å². The molecule has 3 aromatic carbocycles. The van der Waals surface area contributed by atoms with E-state index in [1.54, 1.807) is 25.2 Å². The van der Waals surface area contributed by atoms with Gasteiger partial charge in [-0.2, -0.15) is 0 Å². The minimum atomic E-state index is -0.328. The summed E-state index contributed by atoms with van der Waals surface area (Å²) in [6.07, 6.45) is 4.11. The average molecular weight is 495 g/mol. The van der Waals surface area contributed by atoms with Crippen molar-refractivity contribution in [2.75, 3.05) is 12.0 Å². The molecule has 1 aliphatic rings. The lowest BCUT2D eigenvalue weighted by Gasteiger charge is -2.25. The second kappa shape index (κ2) is 10.4. The highest BCUT2D eigenvalue weighted by atomic mass is 16.5. The van der Waals surface area contributed by atoms with Crippen molar-refractivity contribution in [3.8, 4) is 16.9 Å². The number of carbonyl (C=O) groups is 2. The number of ether oxygens (including phenoxy) is 1. The molecule has 4 aromatic rings. The Morgan fingerprint density at radius 1 is 0.865 bits per heavy atom. The van der Waals surface area contributed by atoms with Gasteiger partial charge in [0.15, 0.2) is 18.3 Å². The lowest BCUT2D eigenvalue weighted by Crippen LogP contribution is -2.28. The lowest BCUT2D eigenvalue weighted by atomic mass is 9.80. The Kier molecular flexibility index (Phi) is 6.91. The van der Waals surface area contributed by atoms with Crippen molar-refractivity contribution in [2.24, 2.45) is 7.05 Å². The molecule has 0 atom stereocenters. The Labute approximate surface area is 215 Å². The van der Waals surface area contributed by atoms with Crippen LogP contribution in [-0.2, 0) is 7.05 Å². The van der Waals surface area contributed by atoms with Gasteiger partial charge in [0.25, 0.3) is 5.56 Å². The smallest absolute Gasteiger partial charge is 0.262 e. The number of nitrogens with one attached hydrogen (secondary N) is 1. The minimum Gasteiger partial charge on any atom is -0.473 e. The van der Waals surface area contributed by atoms with Crippen molar-refractivity contribution in [1.82, 2.24) is 4.57 Å². The van der Waals surface area contributed by atoms with Crippen LogP contribution in [0.25, 0.3) is 22.0 Å². The number of aromatic nitrogens is 1. The number of nitrogens with zero attached hydrogens (tertiary/aromatic N) is 1. The van der Waals surface area contributed by atoms with Crippen LogP contribution in [0, 0.1) is 0 Å². The first kappa shape index (κ1) is 24.5. The number of ketones is 2. The zero-order chi connectivity index (χ0) is 25.9. The van der Waals surface area contributed by atoms with Gasteiger partial charge >= 0.3 is 0 Å². The number of rotatable bonds is 10. The molecule has 0 spiro atoms. The van der Waals surface area contributed by atoms with E-state index in [9.17, 15) is 14.4 Å². The van der Waals surface area contributed by atoms with Crippen LogP contribution in [0.15, 0.2) is 71.5 Å². The van der Waals surface area contributed by atoms with E-state index in [2.05, 4.69) is 12.2 Å². The van der Waals surface area contributed by atoms with Crippen LogP contribution in [0.2, 0.25) is 0 Å². The SMILES string of the molecule is CCCCCCC(=O)c1c2c3c(c(NCOc4ccccc4)ccc3n(C)c1=O)C(=O)c1ccccc1-2.